The van der Waals surface area contributed by atoms with E-state index in [9.17, 15) is 22.4 Å². The standard InChI is InChI=1S/C18H15FN2O5S/c1-11-15(9-18(23)24)16-8-12(19)2-7-17(16)21(11)27(25,26)14-5-3-13(4-6-14)20-10-22/h2-8,10H,9H2,1H3,(H,20,22)(H,23,24). The fourth-order valence-corrected chi connectivity index (χ4v) is 4.59. The Morgan fingerprint density at radius 1 is 1.22 bits per heavy atom. The summed E-state index contributed by atoms with van der Waals surface area (Å²) in [6.45, 7) is 1.48. The Bertz CT molecular complexity index is 1150. The Labute approximate surface area is 154 Å². The third kappa shape index (κ3) is 3.28. The second-order valence-electron chi connectivity index (χ2n) is 5.85. The second kappa shape index (κ2) is 6.84. The van der Waals surface area contributed by atoms with E-state index in [-0.39, 0.29) is 27.1 Å². The quantitative estimate of drug-likeness (QED) is 0.629. The van der Waals surface area contributed by atoms with Crippen LogP contribution in [0.1, 0.15) is 11.3 Å². The van der Waals surface area contributed by atoms with Gasteiger partial charge in [0.1, 0.15) is 5.82 Å². The van der Waals surface area contributed by atoms with Crippen molar-refractivity contribution in [1.82, 2.24) is 3.97 Å². The number of amides is 1. The predicted octanol–water partition coefficient (Wildman–Crippen LogP) is 2.52. The van der Waals surface area contributed by atoms with Crippen LogP contribution in [0.2, 0.25) is 0 Å². The summed E-state index contributed by atoms with van der Waals surface area (Å²) < 4.78 is 41.0. The van der Waals surface area contributed by atoms with Gasteiger partial charge < -0.3 is 10.4 Å². The lowest BCUT2D eigenvalue weighted by Crippen LogP contribution is -2.15. The van der Waals surface area contributed by atoms with Gasteiger partial charge in [0, 0.05) is 16.8 Å². The number of carboxylic acids is 1. The van der Waals surface area contributed by atoms with E-state index in [0.29, 0.717) is 12.1 Å². The van der Waals surface area contributed by atoms with Crippen molar-refractivity contribution < 1.29 is 27.5 Å². The van der Waals surface area contributed by atoms with Crippen molar-refractivity contribution in [2.75, 3.05) is 5.32 Å². The van der Waals surface area contributed by atoms with Gasteiger partial charge in [0.15, 0.2) is 0 Å². The number of benzene rings is 2. The molecule has 1 heterocycles. The topological polar surface area (TPSA) is 105 Å². The number of fused-ring (bicyclic) bond motifs is 1. The van der Waals surface area contributed by atoms with Crippen LogP contribution >= 0.6 is 0 Å². The van der Waals surface area contributed by atoms with Gasteiger partial charge >= 0.3 is 5.97 Å². The van der Waals surface area contributed by atoms with Crippen LogP contribution in [0.5, 0.6) is 0 Å². The molecule has 27 heavy (non-hydrogen) atoms. The second-order valence-corrected chi connectivity index (χ2v) is 7.64. The fourth-order valence-electron chi connectivity index (χ4n) is 3.01. The highest BCUT2D eigenvalue weighted by atomic mass is 32.2. The number of hydrogen-bond donors (Lipinski definition) is 2. The van der Waals surface area contributed by atoms with Gasteiger partial charge in [0.2, 0.25) is 6.41 Å². The largest absolute Gasteiger partial charge is 0.481 e. The number of rotatable bonds is 6. The predicted molar refractivity (Wildman–Crippen MR) is 96.7 cm³/mol. The lowest BCUT2D eigenvalue weighted by molar-refractivity contribution is -0.136. The molecule has 0 saturated carbocycles. The Morgan fingerprint density at radius 2 is 1.89 bits per heavy atom. The smallest absolute Gasteiger partial charge is 0.307 e. The van der Waals surface area contributed by atoms with Gasteiger partial charge in [-0.2, -0.15) is 0 Å². The molecule has 3 aromatic rings. The van der Waals surface area contributed by atoms with Crippen LogP contribution < -0.4 is 5.32 Å². The number of halogens is 1. The summed E-state index contributed by atoms with van der Waals surface area (Å²) in [5.41, 5.74) is 1.06. The van der Waals surface area contributed by atoms with Crippen LogP contribution in [0.15, 0.2) is 47.4 Å². The van der Waals surface area contributed by atoms with Crippen molar-refractivity contribution in [2.24, 2.45) is 0 Å². The van der Waals surface area contributed by atoms with Crippen molar-refractivity contribution >= 4 is 39.0 Å². The molecule has 0 spiro atoms. The van der Waals surface area contributed by atoms with Crippen LogP contribution in [0.25, 0.3) is 10.9 Å². The Hall–Kier alpha value is -3.20. The van der Waals surface area contributed by atoms with E-state index in [4.69, 9.17) is 5.11 Å². The molecule has 1 amide bonds. The molecule has 7 nitrogen and oxygen atoms in total. The van der Waals surface area contributed by atoms with Crippen LogP contribution in [0, 0.1) is 12.7 Å². The lowest BCUT2D eigenvalue weighted by atomic mass is 10.1. The molecule has 0 fully saturated rings. The number of carbonyl (C=O) groups is 2. The maximum atomic E-state index is 13.7. The maximum absolute atomic E-state index is 13.7. The number of aliphatic carboxylic acids is 1. The van der Waals surface area contributed by atoms with Gasteiger partial charge in [0.05, 0.1) is 16.8 Å². The van der Waals surface area contributed by atoms with Crippen LogP contribution in [0.3, 0.4) is 0 Å². The van der Waals surface area contributed by atoms with E-state index in [1.54, 1.807) is 0 Å². The van der Waals surface area contributed by atoms with Gasteiger partial charge in [-0.3, -0.25) is 9.59 Å². The van der Waals surface area contributed by atoms with Crippen LogP contribution in [-0.2, 0) is 26.0 Å². The van der Waals surface area contributed by atoms with E-state index < -0.39 is 28.2 Å². The van der Waals surface area contributed by atoms with Crippen molar-refractivity contribution in [3.05, 3.63) is 59.5 Å². The number of nitrogens with zero attached hydrogens (tertiary/aromatic N) is 1. The highest BCUT2D eigenvalue weighted by Crippen LogP contribution is 2.31. The summed E-state index contributed by atoms with van der Waals surface area (Å²) in [4.78, 5) is 21.6. The summed E-state index contributed by atoms with van der Waals surface area (Å²) in [6, 6.07) is 9.07. The summed E-state index contributed by atoms with van der Waals surface area (Å²) in [6.07, 6.45) is 0.0380. The minimum absolute atomic E-state index is 0.0508. The van der Waals surface area contributed by atoms with Crippen LogP contribution in [-0.4, -0.2) is 29.9 Å². The normalized spacial score (nSPS) is 11.5. The molecule has 0 atom stereocenters. The minimum Gasteiger partial charge on any atom is -0.481 e. The molecule has 140 valence electrons. The first-order valence-corrected chi connectivity index (χ1v) is 9.26. The summed E-state index contributed by atoms with van der Waals surface area (Å²) >= 11 is 0. The number of anilines is 1. The van der Waals surface area contributed by atoms with E-state index >= 15 is 0 Å². The van der Waals surface area contributed by atoms with E-state index in [1.807, 2.05) is 0 Å². The summed E-state index contributed by atoms with van der Waals surface area (Å²) in [5, 5.41) is 11.8. The Balaban J connectivity index is 2.24. The lowest BCUT2D eigenvalue weighted by Gasteiger charge is -2.11. The third-order valence-electron chi connectivity index (χ3n) is 4.19. The maximum Gasteiger partial charge on any atom is 0.307 e. The number of carbonyl (C=O) groups excluding carboxylic acids is 1. The minimum atomic E-state index is -4.07. The molecule has 3 rings (SSSR count). The van der Waals surface area contributed by atoms with Crippen LogP contribution in [0.4, 0.5) is 10.1 Å². The molecule has 1 aromatic heterocycles. The molecule has 0 aliphatic heterocycles. The third-order valence-corrected chi connectivity index (χ3v) is 6.01. The van der Waals surface area contributed by atoms with Gasteiger partial charge in [-0.15, -0.1) is 0 Å². The van der Waals surface area contributed by atoms with Gasteiger partial charge in [-0.25, -0.2) is 16.8 Å². The van der Waals surface area contributed by atoms with Crippen molar-refractivity contribution in [1.29, 1.82) is 0 Å². The SMILES string of the molecule is Cc1c(CC(=O)O)c2cc(F)ccc2n1S(=O)(=O)c1ccc(NC=O)cc1. The number of carboxylic acid groups (broad SMARTS) is 1. The monoisotopic (exact) mass is 390 g/mol. The molecule has 0 radical (unpaired) electrons. The first-order chi connectivity index (χ1) is 12.8. The molecule has 9 heteroatoms. The van der Waals surface area contributed by atoms with E-state index in [1.165, 1.54) is 37.3 Å². The number of nitrogens with one attached hydrogen (secondary N) is 1. The highest BCUT2D eigenvalue weighted by Gasteiger charge is 2.26. The zero-order valence-corrected chi connectivity index (χ0v) is 15.0. The summed E-state index contributed by atoms with van der Waals surface area (Å²) in [5.74, 6) is -1.74. The molecule has 0 saturated heterocycles. The zero-order chi connectivity index (χ0) is 19.8. The van der Waals surface area contributed by atoms with Gasteiger partial charge in [-0.1, -0.05) is 0 Å². The van der Waals surface area contributed by atoms with E-state index in [2.05, 4.69) is 5.32 Å². The first kappa shape index (κ1) is 18.6. The molecule has 0 aliphatic carbocycles. The molecule has 2 N–H and O–H groups in total. The molecule has 0 aliphatic rings. The van der Waals surface area contributed by atoms with Crippen molar-refractivity contribution in [3.8, 4) is 0 Å². The molecule has 0 bridgehead atoms. The summed E-state index contributed by atoms with van der Waals surface area (Å²) in [7, 11) is -4.07. The average molecular weight is 390 g/mol. The molecular formula is C18H15FN2O5S. The Morgan fingerprint density at radius 3 is 2.48 bits per heavy atom. The van der Waals surface area contributed by atoms with Gasteiger partial charge in [-0.05, 0) is 55.0 Å². The molecular weight excluding hydrogens is 375 g/mol. The molecule has 0 unspecified atom stereocenters. The fraction of sp³-hybridized carbons (Fsp3) is 0.111. The zero-order valence-electron chi connectivity index (χ0n) is 14.1. The molecule has 2 aromatic carbocycles. The first-order valence-electron chi connectivity index (χ1n) is 7.82. The van der Waals surface area contributed by atoms with E-state index in [0.717, 1.165) is 16.1 Å². The van der Waals surface area contributed by atoms with Crippen molar-refractivity contribution in [3.63, 3.8) is 0 Å². The highest BCUT2D eigenvalue weighted by molar-refractivity contribution is 7.90. The van der Waals surface area contributed by atoms with Gasteiger partial charge in [0.25, 0.3) is 10.0 Å². The average Bonchev–Trinajstić information content (AvgIpc) is 2.87. The number of hydrogen-bond acceptors (Lipinski definition) is 4. The Kier molecular flexibility index (Phi) is 4.71. The number of aromatic nitrogens is 1. The van der Waals surface area contributed by atoms with Crippen molar-refractivity contribution in [2.45, 2.75) is 18.2 Å².